The van der Waals surface area contributed by atoms with Gasteiger partial charge in [0, 0.05) is 0 Å². The van der Waals surface area contributed by atoms with E-state index in [1.807, 2.05) is 6.92 Å². The fourth-order valence-electron chi connectivity index (χ4n) is 1.40. The van der Waals surface area contributed by atoms with Crippen molar-refractivity contribution in [2.75, 3.05) is 0 Å². The highest BCUT2D eigenvalue weighted by Crippen LogP contribution is 2.34. The second-order valence-electron chi connectivity index (χ2n) is 3.34. The van der Waals surface area contributed by atoms with E-state index in [1.54, 1.807) is 19.1 Å². The molecule has 0 saturated heterocycles. The normalized spacial score (nSPS) is 10.0. The van der Waals surface area contributed by atoms with Crippen molar-refractivity contribution in [2.24, 2.45) is 0 Å². The fraction of sp³-hybridized carbons (Fsp3) is 0.364. The van der Waals surface area contributed by atoms with Crippen LogP contribution < -0.4 is 4.74 Å². The average molecular weight is 210 g/mol. The van der Waals surface area contributed by atoms with Crippen molar-refractivity contribution in [1.29, 1.82) is 0 Å². The second kappa shape index (κ2) is 4.68. The second-order valence-corrected chi connectivity index (χ2v) is 3.34. The molecule has 0 aliphatic carbocycles. The number of hydrogen-bond acceptors (Lipinski definition) is 3. The Morgan fingerprint density at radius 3 is 2.67 bits per heavy atom. The van der Waals surface area contributed by atoms with Crippen LogP contribution in [0.25, 0.3) is 0 Å². The lowest BCUT2D eigenvalue weighted by molar-refractivity contribution is 0.142. The molecule has 0 unspecified atom stereocenters. The maximum atomic E-state index is 10.4. The van der Waals surface area contributed by atoms with Gasteiger partial charge in [0.1, 0.15) is 0 Å². The maximum absolute atomic E-state index is 10.4. The van der Waals surface area contributed by atoms with Crippen LogP contribution in [0.5, 0.6) is 11.5 Å². The molecule has 15 heavy (non-hydrogen) atoms. The summed E-state index contributed by atoms with van der Waals surface area (Å²) in [4.78, 5) is 10.4. The highest BCUT2D eigenvalue weighted by Gasteiger charge is 2.13. The summed E-state index contributed by atoms with van der Waals surface area (Å²) in [6, 6.07) is 3.52. The molecule has 1 aromatic rings. The lowest BCUT2D eigenvalue weighted by Gasteiger charge is -2.10. The Morgan fingerprint density at radius 1 is 1.47 bits per heavy atom. The molecule has 82 valence electrons. The van der Waals surface area contributed by atoms with Gasteiger partial charge in [0.05, 0.1) is 0 Å². The number of hydrogen-bond donors (Lipinski definition) is 2. The molecule has 1 rings (SSSR count). The number of carboxylic acid groups (broad SMARTS) is 1. The maximum Gasteiger partial charge on any atom is 0.511 e. The summed E-state index contributed by atoms with van der Waals surface area (Å²) in [5.41, 5.74) is 1.31. The van der Waals surface area contributed by atoms with Gasteiger partial charge in [-0.25, -0.2) is 4.79 Å². The number of aryl methyl sites for hydroxylation is 2. The van der Waals surface area contributed by atoms with Crippen molar-refractivity contribution >= 4 is 6.16 Å². The van der Waals surface area contributed by atoms with Crippen molar-refractivity contribution in [3.63, 3.8) is 0 Å². The number of ether oxygens (including phenoxy) is 1. The van der Waals surface area contributed by atoms with Crippen molar-refractivity contribution < 1.29 is 19.7 Å². The van der Waals surface area contributed by atoms with Gasteiger partial charge >= 0.3 is 6.16 Å². The number of phenols is 1. The van der Waals surface area contributed by atoms with Crippen LogP contribution in [0.15, 0.2) is 12.1 Å². The molecule has 1 aromatic carbocycles. The van der Waals surface area contributed by atoms with Crippen LogP contribution >= 0.6 is 0 Å². The molecule has 0 aromatic heterocycles. The van der Waals surface area contributed by atoms with Crippen molar-refractivity contribution in [3.05, 3.63) is 23.3 Å². The molecule has 0 amide bonds. The lowest BCUT2D eigenvalue weighted by atomic mass is 10.1. The lowest BCUT2D eigenvalue weighted by Crippen LogP contribution is -2.05. The van der Waals surface area contributed by atoms with Crippen LogP contribution in [0.4, 0.5) is 4.79 Å². The number of carbonyl (C=O) groups is 1. The number of rotatable bonds is 3. The Balaban J connectivity index is 3.11. The van der Waals surface area contributed by atoms with Crippen LogP contribution in [0.1, 0.15) is 24.5 Å². The van der Waals surface area contributed by atoms with E-state index < -0.39 is 6.16 Å². The SMILES string of the molecule is CCCc1ccc(C)c(OC(=O)O)c1O. The van der Waals surface area contributed by atoms with E-state index in [2.05, 4.69) is 4.74 Å². The average Bonchev–Trinajstić information content (AvgIpc) is 2.17. The van der Waals surface area contributed by atoms with E-state index in [0.717, 1.165) is 6.42 Å². The standard InChI is InChI=1S/C11H14O4/c1-3-4-8-6-5-7(2)10(9(8)12)15-11(13)14/h5-6,12H,3-4H2,1-2H3,(H,13,14). The number of phenolic OH excluding ortho intramolecular Hbond substituents is 1. The molecule has 0 bridgehead atoms. The molecule has 0 radical (unpaired) electrons. The topological polar surface area (TPSA) is 66.8 Å². The Bertz CT molecular complexity index is 371. The highest BCUT2D eigenvalue weighted by molar-refractivity contribution is 5.65. The number of benzene rings is 1. The summed E-state index contributed by atoms with van der Waals surface area (Å²) >= 11 is 0. The fourth-order valence-corrected chi connectivity index (χ4v) is 1.40. The van der Waals surface area contributed by atoms with Gasteiger partial charge in [-0.3, -0.25) is 0 Å². The third-order valence-electron chi connectivity index (χ3n) is 2.12. The van der Waals surface area contributed by atoms with E-state index in [-0.39, 0.29) is 11.5 Å². The molecular formula is C11H14O4. The summed E-state index contributed by atoms with van der Waals surface area (Å²) < 4.78 is 4.53. The third kappa shape index (κ3) is 2.62. The molecule has 0 atom stereocenters. The van der Waals surface area contributed by atoms with Gasteiger partial charge in [0.2, 0.25) is 0 Å². The highest BCUT2D eigenvalue weighted by atomic mass is 16.7. The van der Waals surface area contributed by atoms with E-state index >= 15 is 0 Å². The number of aromatic hydroxyl groups is 1. The molecule has 0 aliphatic heterocycles. The molecule has 4 nitrogen and oxygen atoms in total. The first-order chi connectivity index (χ1) is 7.06. The van der Waals surface area contributed by atoms with Gasteiger partial charge < -0.3 is 14.9 Å². The first-order valence-corrected chi connectivity index (χ1v) is 4.78. The summed E-state index contributed by atoms with van der Waals surface area (Å²) in [6.07, 6.45) is 0.160. The molecule has 2 N–H and O–H groups in total. The summed E-state index contributed by atoms with van der Waals surface area (Å²) in [5.74, 6) is -0.0345. The Kier molecular flexibility index (Phi) is 3.55. The first-order valence-electron chi connectivity index (χ1n) is 4.78. The van der Waals surface area contributed by atoms with Crippen LogP contribution in [-0.2, 0) is 6.42 Å². The molecule has 4 heteroatoms. The van der Waals surface area contributed by atoms with Crippen LogP contribution in [-0.4, -0.2) is 16.4 Å². The minimum atomic E-state index is -1.41. The molecule has 0 fully saturated rings. The quantitative estimate of drug-likeness (QED) is 0.594. The Morgan fingerprint density at radius 2 is 2.13 bits per heavy atom. The molecule has 0 spiro atoms. The van der Waals surface area contributed by atoms with E-state index in [1.165, 1.54) is 0 Å². The van der Waals surface area contributed by atoms with E-state index in [4.69, 9.17) is 5.11 Å². The molecule has 0 heterocycles. The van der Waals surface area contributed by atoms with E-state index in [0.29, 0.717) is 17.5 Å². The van der Waals surface area contributed by atoms with Gasteiger partial charge in [-0.1, -0.05) is 25.5 Å². The smallest absolute Gasteiger partial charge is 0.504 e. The first kappa shape index (κ1) is 11.4. The largest absolute Gasteiger partial charge is 0.511 e. The molecular weight excluding hydrogens is 196 g/mol. The zero-order valence-corrected chi connectivity index (χ0v) is 8.78. The summed E-state index contributed by atoms with van der Waals surface area (Å²) in [5, 5.41) is 18.3. The minimum Gasteiger partial charge on any atom is -0.504 e. The van der Waals surface area contributed by atoms with Gasteiger partial charge in [-0.15, -0.1) is 0 Å². The predicted molar refractivity (Wildman–Crippen MR) is 55.5 cm³/mol. The third-order valence-corrected chi connectivity index (χ3v) is 2.12. The summed E-state index contributed by atoms with van der Waals surface area (Å²) in [7, 11) is 0. The zero-order chi connectivity index (χ0) is 11.4. The van der Waals surface area contributed by atoms with Crippen LogP contribution in [0.2, 0.25) is 0 Å². The van der Waals surface area contributed by atoms with Crippen molar-refractivity contribution in [3.8, 4) is 11.5 Å². The van der Waals surface area contributed by atoms with Crippen LogP contribution in [0.3, 0.4) is 0 Å². The Labute approximate surface area is 88.1 Å². The van der Waals surface area contributed by atoms with Gasteiger partial charge in [-0.05, 0) is 24.5 Å². The van der Waals surface area contributed by atoms with Crippen LogP contribution in [0, 0.1) is 6.92 Å². The zero-order valence-electron chi connectivity index (χ0n) is 8.78. The van der Waals surface area contributed by atoms with Crippen molar-refractivity contribution in [2.45, 2.75) is 26.7 Å². The van der Waals surface area contributed by atoms with Gasteiger partial charge in [0.25, 0.3) is 0 Å². The van der Waals surface area contributed by atoms with Gasteiger partial charge in [-0.2, -0.15) is 0 Å². The monoisotopic (exact) mass is 210 g/mol. The molecule has 0 saturated carbocycles. The Hall–Kier alpha value is -1.71. The van der Waals surface area contributed by atoms with Crippen molar-refractivity contribution in [1.82, 2.24) is 0 Å². The minimum absolute atomic E-state index is 0.0356. The van der Waals surface area contributed by atoms with E-state index in [9.17, 15) is 9.90 Å². The molecule has 0 aliphatic rings. The predicted octanol–water partition coefficient (Wildman–Crippen LogP) is 2.71. The van der Waals surface area contributed by atoms with Gasteiger partial charge in [0.15, 0.2) is 11.5 Å². The summed E-state index contributed by atoms with van der Waals surface area (Å²) in [6.45, 7) is 3.67.